The molecule has 3 heteroatoms. The Morgan fingerprint density at radius 3 is 2.40 bits per heavy atom. The van der Waals surface area contributed by atoms with Crippen LogP contribution in [-0.2, 0) is 0 Å². The number of hydrogen-bond acceptors (Lipinski definition) is 2. The fraction of sp³-hybridized carbons (Fsp3) is 0.500. The maximum atomic E-state index is 9.08. The second-order valence-electron chi connectivity index (χ2n) is 3.73. The first kappa shape index (κ1) is 12.5. The SMILES string of the molecule is CC[C@@H](CO)N[C@H](C)c1ccc(Cl)cc1. The first-order valence-corrected chi connectivity index (χ1v) is 5.67. The summed E-state index contributed by atoms with van der Waals surface area (Å²) in [7, 11) is 0. The second-order valence-corrected chi connectivity index (χ2v) is 4.16. The van der Waals surface area contributed by atoms with E-state index in [1.807, 2.05) is 24.3 Å². The zero-order valence-electron chi connectivity index (χ0n) is 9.20. The van der Waals surface area contributed by atoms with Crippen LogP contribution in [0, 0.1) is 0 Å². The van der Waals surface area contributed by atoms with Gasteiger partial charge in [0.2, 0.25) is 0 Å². The summed E-state index contributed by atoms with van der Waals surface area (Å²) >= 11 is 5.82. The Morgan fingerprint density at radius 2 is 1.93 bits per heavy atom. The van der Waals surface area contributed by atoms with Crippen LogP contribution >= 0.6 is 11.6 Å². The molecule has 2 atom stereocenters. The standard InChI is InChI=1S/C12H18ClNO/c1-3-12(8-15)14-9(2)10-4-6-11(13)7-5-10/h4-7,9,12,14-15H,3,8H2,1-2H3/t9-,12+/m1/s1. The molecule has 0 heterocycles. The summed E-state index contributed by atoms with van der Waals surface area (Å²) in [6.45, 7) is 4.32. The van der Waals surface area contributed by atoms with E-state index in [1.54, 1.807) is 0 Å². The summed E-state index contributed by atoms with van der Waals surface area (Å²) in [5.74, 6) is 0. The Labute approximate surface area is 96.3 Å². The smallest absolute Gasteiger partial charge is 0.0584 e. The highest BCUT2D eigenvalue weighted by Gasteiger charge is 2.10. The minimum atomic E-state index is 0.163. The highest BCUT2D eigenvalue weighted by molar-refractivity contribution is 6.30. The summed E-state index contributed by atoms with van der Waals surface area (Å²) in [6.07, 6.45) is 0.925. The molecule has 0 radical (unpaired) electrons. The van der Waals surface area contributed by atoms with Crippen LogP contribution in [0.25, 0.3) is 0 Å². The molecule has 2 nitrogen and oxygen atoms in total. The Hall–Kier alpha value is -0.570. The maximum Gasteiger partial charge on any atom is 0.0584 e. The van der Waals surface area contributed by atoms with Crippen molar-refractivity contribution in [3.05, 3.63) is 34.9 Å². The van der Waals surface area contributed by atoms with Gasteiger partial charge >= 0.3 is 0 Å². The predicted molar refractivity (Wildman–Crippen MR) is 64.2 cm³/mol. The number of halogens is 1. The predicted octanol–water partition coefficient (Wildman–Crippen LogP) is 2.76. The third-order valence-corrected chi connectivity index (χ3v) is 2.82. The van der Waals surface area contributed by atoms with E-state index in [4.69, 9.17) is 16.7 Å². The van der Waals surface area contributed by atoms with Gasteiger partial charge in [-0.1, -0.05) is 30.7 Å². The molecule has 0 fully saturated rings. The number of nitrogens with one attached hydrogen (secondary N) is 1. The molecule has 2 N–H and O–H groups in total. The molecular weight excluding hydrogens is 210 g/mol. The molecule has 1 aromatic carbocycles. The van der Waals surface area contributed by atoms with E-state index in [1.165, 1.54) is 5.56 Å². The molecule has 1 rings (SSSR count). The lowest BCUT2D eigenvalue weighted by Gasteiger charge is -2.20. The summed E-state index contributed by atoms with van der Waals surface area (Å²) in [5, 5.41) is 13.2. The Balaban J connectivity index is 2.60. The summed E-state index contributed by atoms with van der Waals surface area (Å²) in [4.78, 5) is 0. The molecule has 1 aromatic rings. The Morgan fingerprint density at radius 1 is 1.33 bits per heavy atom. The summed E-state index contributed by atoms with van der Waals surface area (Å²) in [5.41, 5.74) is 1.19. The molecule has 0 bridgehead atoms. The van der Waals surface area contributed by atoms with Gasteiger partial charge in [-0.2, -0.15) is 0 Å². The molecule has 0 aromatic heterocycles. The minimum Gasteiger partial charge on any atom is -0.395 e. The average Bonchev–Trinajstić information content (AvgIpc) is 2.26. The summed E-state index contributed by atoms with van der Waals surface area (Å²) < 4.78 is 0. The van der Waals surface area contributed by atoms with E-state index >= 15 is 0 Å². The lowest BCUT2D eigenvalue weighted by molar-refractivity contribution is 0.230. The largest absolute Gasteiger partial charge is 0.395 e. The summed E-state index contributed by atoms with van der Waals surface area (Å²) in [6, 6.07) is 8.17. The third-order valence-electron chi connectivity index (χ3n) is 2.57. The molecule has 0 spiro atoms. The molecule has 0 aliphatic heterocycles. The van der Waals surface area contributed by atoms with Gasteiger partial charge < -0.3 is 10.4 Å². The fourth-order valence-corrected chi connectivity index (χ4v) is 1.63. The van der Waals surface area contributed by atoms with Crippen molar-refractivity contribution in [2.75, 3.05) is 6.61 Å². The van der Waals surface area contributed by atoms with Crippen molar-refractivity contribution in [2.45, 2.75) is 32.4 Å². The van der Waals surface area contributed by atoms with Crippen LogP contribution in [0.4, 0.5) is 0 Å². The number of benzene rings is 1. The van der Waals surface area contributed by atoms with Gasteiger partial charge in [0.05, 0.1) is 6.61 Å². The van der Waals surface area contributed by atoms with E-state index in [0.717, 1.165) is 11.4 Å². The van der Waals surface area contributed by atoms with E-state index in [0.29, 0.717) is 0 Å². The van der Waals surface area contributed by atoms with Crippen molar-refractivity contribution in [3.8, 4) is 0 Å². The van der Waals surface area contributed by atoms with Crippen LogP contribution in [0.5, 0.6) is 0 Å². The van der Waals surface area contributed by atoms with Crippen molar-refractivity contribution >= 4 is 11.6 Å². The molecular formula is C12H18ClNO. The molecule has 15 heavy (non-hydrogen) atoms. The van der Waals surface area contributed by atoms with E-state index < -0.39 is 0 Å². The van der Waals surface area contributed by atoms with Gasteiger partial charge in [-0.3, -0.25) is 0 Å². The van der Waals surface area contributed by atoms with Gasteiger partial charge in [0.15, 0.2) is 0 Å². The number of hydrogen-bond donors (Lipinski definition) is 2. The molecule has 0 saturated carbocycles. The quantitative estimate of drug-likeness (QED) is 0.811. The molecule has 84 valence electrons. The van der Waals surface area contributed by atoms with Crippen LogP contribution in [-0.4, -0.2) is 17.8 Å². The van der Waals surface area contributed by atoms with Crippen LogP contribution in [0.3, 0.4) is 0 Å². The fourth-order valence-electron chi connectivity index (χ4n) is 1.50. The van der Waals surface area contributed by atoms with Gasteiger partial charge in [-0.05, 0) is 31.0 Å². The minimum absolute atomic E-state index is 0.163. The lowest BCUT2D eigenvalue weighted by Crippen LogP contribution is -2.33. The first-order valence-electron chi connectivity index (χ1n) is 5.29. The van der Waals surface area contributed by atoms with Crippen molar-refractivity contribution in [1.82, 2.24) is 5.32 Å². The van der Waals surface area contributed by atoms with Crippen molar-refractivity contribution < 1.29 is 5.11 Å². The lowest BCUT2D eigenvalue weighted by atomic mass is 10.1. The highest BCUT2D eigenvalue weighted by Crippen LogP contribution is 2.16. The van der Waals surface area contributed by atoms with Gasteiger partial charge in [0, 0.05) is 17.1 Å². The number of aliphatic hydroxyl groups is 1. The van der Waals surface area contributed by atoms with Crippen molar-refractivity contribution in [3.63, 3.8) is 0 Å². The third kappa shape index (κ3) is 3.82. The topological polar surface area (TPSA) is 32.3 Å². The normalized spacial score (nSPS) is 14.9. The first-order chi connectivity index (χ1) is 7.17. The van der Waals surface area contributed by atoms with Gasteiger partial charge in [-0.15, -0.1) is 0 Å². The zero-order chi connectivity index (χ0) is 11.3. The highest BCUT2D eigenvalue weighted by atomic mass is 35.5. The van der Waals surface area contributed by atoms with Crippen LogP contribution in [0.2, 0.25) is 5.02 Å². The molecule has 0 saturated heterocycles. The zero-order valence-corrected chi connectivity index (χ0v) is 9.96. The second kappa shape index (κ2) is 6.11. The van der Waals surface area contributed by atoms with E-state index in [9.17, 15) is 0 Å². The van der Waals surface area contributed by atoms with Crippen LogP contribution in [0.1, 0.15) is 31.9 Å². The molecule has 0 amide bonds. The van der Waals surface area contributed by atoms with Crippen LogP contribution < -0.4 is 5.32 Å². The van der Waals surface area contributed by atoms with Gasteiger partial charge in [0.25, 0.3) is 0 Å². The number of rotatable bonds is 5. The van der Waals surface area contributed by atoms with E-state index in [2.05, 4.69) is 19.2 Å². The Kier molecular flexibility index (Phi) is 5.09. The average molecular weight is 228 g/mol. The van der Waals surface area contributed by atoms with Gasteiger partial charge in [-0.25, -0.2) is 0 Å². The van der Waals surface area contributed by atoms with Crippen molar-refractivity contribution in [2.24, 2.45) is 0 Å². The van der Waals surface area contributed by atoms with Crippen LogP contribution in [0.15, 0.2) is 24.3 Å². The molecule has 0 aliphatic carbocycles. The van der Waals surface area contributed by atoms with Gasteiger partial charge in [0.1, 0.15) is 0 Å². The maximum absolute atomic E-state index is 9.08. The van der Waals surface area contributed by atoms with Crippen molar-refractivity contribution in [1.29, 1.82) is 0 Å². The molecule has 0 aliphatic rings. The monoisotopic (exact) mass is 227 g/mol. The molecule has 0 unspecified atom stereocenters. The number of aliphatic hydroxyl groups excluding tert-OH is 1. The van der Waals surface area contributed by atoms with E-state index in [-0.39, 0.29) is 18.7 Å². The Bertz CT molecular complexity index is 282.